The lowest BCUT2D eigenvalue weighted by atomic mass is 10.1. The first-order chi connectivity index (χ1) is 9.75. The van der Waals surface area contributed by atoms with Gasteiger partial charge in [0.25, 0.3) is 0 Å². The summed E-state index contributed by atoms with van der Waals surface area (Å²) in [5.74, 6) is 0.541. The number of carbonyl (C=O) groups is 1. The van der Waals surface area contributed by atoms with Crippen LogP contribution in [0.4, 0.5) is 0 Å². The normalized spacial score (nSPS) is 18.1. The van der Waals surface area contributed by atoms with Gasteiger partial charge in [-0.2, -0.15) is 0 Å². The SMILES string of the molecule is CC(=O)OCCCCC1CCN=C(c2ccccc2)O1. The average molecular weight is 275 g/mol. The van der Waals surface area contributed by atoms with E-state index < -0.39 is 0 Å². The van der Waals surface area contributed by atoms with Crippen molar-refractivity contribution in [3.63, 3.8) is 0 Å². The molecule has 0 radical (unpaired) electrons. The summed E-state index contributed by atoms with van der Waals surface area (Å²) in [6, 6.07) is 10.00. The van der Waals surface area contributed by atoms with E-state index in [0.717, 1.165) is 43.7 Å². The van der Waals surface area contributed by atoms with E-state index in [1.807, 2.05) is 30.3 Å². The predicted octanol–water partition coefficient (Wildman–Crippen LogP) is 2.96. The Morgan fingerprint density at radius 2 is 2.15 bits per heavy atom. The molecular weight excluding hydrogens is 254 g/mol. The maximum Gasteiger partial charge on any atom is 0.302 e. The lowest BCUT2D eigenvalue weighted by Gasteiger charge is -2.23. The molecule has 0 bridgehead atoms. The molecule has 0 aliphatic carbocycles. The van der Waals surface area contributed by atoms with Gasteiger partial charge in [0, 0.05) is 25.5 Å². The molecule has 0 fully saturated rings. The fraction of sp³-hybridized carbons (Fsp3) is 0.500. The minimum absolute atomic E-state index is 0.211. The van der Waals surface area contributed by atoms with E-state index in [0.29, 0.717) is 6.61 Å². The van der Waals surface area contributed by atoms with E-state index in [-0.39, 0.29) is 12.1 Å². The summed E-state index contributed by atoms with van der Waals surface area (Å²) < 4.78 is 10.9. The van der Waals surface area contributed by atoms with E-state index in [9.17, 15) is 4.79 Å². The van der Waals surface area contributed by atoms with Crippen molar-refractivity contribution in [2.24, 2.45) is 4.99 Å². The molecule has 0 amide bonds. The Labute approximate surface area is 119 Å². The standard InChI is InChI=1S/C16H21NO3/c1-13(18)19-12-6-5-9-15-10-11-17-16(20-15)14-7-3-2-4-8-14/h2-4,7-8,15H,5-6,9-12H2,1H3. The van der Waals surface area contributed by atoms with E-state index in [1.165, 1.54) is 6.92 Å². The third-order valence-corrected chi connectivity index (χ3v) is 3.23. The number of ether oxygens (including phenoxy) is 2. The van der Waals surface area contributed by atoms with Crippen molar-refractivity contribution >= 4 is 11.9 Å². The summed E-state index contributed by atoms with van der Waals surface area (Å²) >= 11 is 0. The zero-order valence-electron chi connectivity index (χ0n) is 11.9. The summed E-state index contributed by atoms with van der Waals surface area (Å²) in [6.07, 6.45) is 4.05. The Hall–Kier alpha value is -1.84. The molecule has 1 aliphatic rings. The zero-order valence-corrected chi connectivity index (χ0v) is 11.9. The number of hydrogen-bond donors (Lipinski definition) is 0. The highest BCUT2D eigenvalue weighted by atomic mass is 16.5. The molecule has 0 aromatic heterocycles. The highest BCUT2D eigenvalue weighted by Crippen LogP contribution is 2.17. The van der Waals surface area contributed by atoms with Crippen LogP contribution in [0, 0.1) is 0 Å². The fourth-order valence-corrected chi connectivity index (χ4v) is 2.20. The van der Waals surface area contributed by atoms with Crippen LogP contribution in [0.1, 0.15) is 38.2 Å². The van der Waals surface area contributed by atoms with Crippen LogP contribution in [0.25, 0.3) is 0 Å². The third kappa shape index (κ3) is 4.68. The minimum atomic E-state index is -0.211. The lowest BCUT2D eigenvalue weighted by Crippen LogP contribution is -2.25. The highest BCUT2D eigenvalue weighted by molar-refractivity contribution is 5.94. The molecule has 1 aliphatic heterocycles. The summed E-state index contributed by atoms with van der Waals surface area (Å²) in [5, 5.41) is 0. The quantitative estimate of drug-likeness (QED) is 0.592. The molecule has 20 heavy (non-hydrogen) atoms. The smallest absolute Gasteiger partial charge is 0.302 e. The largest absolute Gasteiger partial charge is 0.474 e. The molecule has 0 N–H and O–H groups in total. The molecule has 0 saturated heterocycles. The molecule has 1 aromatic carbocycles. The van der Waals surface area contributed by atoms with Gasteiger partial charge in [-0.1, -0.05) is 18.2 Å². The van der Waals surface area contributed by atoms with Gasteiger partial charge in [-0.05, 0) is 31.4 Å². The van der Waals surface area contributed by atoms with Gasteiger partial charge in [0.15, 0.2) is 0 Å². The average Bonchev–Trinajstić information content (AvgIpc) is 2.48. The lowest BCUT2D eigenvalue weighted by molar-refractivity contribution is -0.141. The van der Waals surface area contributed by atoms with Crippen molar-refractivity contribution in [2.45, 2.75) is 38.7 Å². The van der Waals surface area contributed by atoms with E-state index in [1.54, 1.807) is 0 Å². The second-order valence-electron chi connectivity index (χ2n) is 4.92. The molecule has 4 nitrogen and oxygen atoms in total. The van der Waals surface area contributed by atoms with E-state index in [4.69, 9.17) is 9.47 Å². The second-order valence-corrected chi connectivity index (χ2v) is 4.92. The maximum absolute atomic E-state index is 10.6. The molecule has 0 saturated carbocycles. The zero-order chi connectivity index (χ0) is 14.2. The van der Waals surface area contributed by atoms with E-state index >= 15 is 0 Å². The molecule has 2 rings (SSSR count). The van der Waals surface area contributed by atoms with Crippen molar-refractivity contribution in [1.82, 2.24) is 0 Å². The Bertz CT molecular complexity index is 456. The monoisotopic (exact) mass is 275 g/mol. The Kier molecular flexibility index (Phi) is 5.59. The third-order valence-electron chi connectivity index (χ3n) is 3.23. The van der Waals surface area contributed by atoms with Gasteiger partial charge in [-0.25, -0.2) is 0 Å². The topological polar surface area (TPSA) is 47.9 Å². The number of esters is 1. The van der Waals surface area contributed by atoms with Crippen LogP contribution in [-0.4, -0.2) is 31.1 Å². The number of rotatable bonds is 6. The Balaban J connectivity index is 1.73. The summed E-state index contributed by atoms with van der Waals surface area (Å²) in [4.78, 5) is 15.1. The van der Waals surface area contributed by atoms with Crippen LogP contribution in [-0.2, 0) is 14.3 Å². The molecule has 1 atom stereocenters. The fourth-order valence-electron chi connectivity index (χ4n) is 2.20. The van der Waals surface area contributed by atoms with E-state index in [2.05, 4.69) is 4.99 Å². The van der Waals surface area contributed by atoms with Crippen molar-refractivity contribution in [2.75, 3.05) is 13.2 Å². The van der Waals surface area contributed by atoms with Crippen molar-refractivity contribution < 1.29 is 14.3 Å². The van der Waals surface area contributed by atoms with Crippen LogP contribution in [0.5, 0.6) is 0 Å². The molecule has 1 heterocycles. The van der Waals surface area contributed by atoms with Crippen molar-refractivity contribution in [3.8, 4) is 0 Å². The van der Waals surface area contributed by atoms with Crippen molar-refractivity contribution in [1.29, 1.82) is 0 Å². The molecule has 0 spiro atoms. The number of carbonyl (C=O) groups excluding carboxylic acids is 1. The first-order valence-corrected chi connectivity index (χ1v) is 7.15. The first-order valence-electron chi connectivity index (χ1n) is 7.15. The Morgan fingerprint density at radius 1 is 1.35 bits per heavy atom. The predicted molar refractivity (Wildman–Crippen MR) is 77.8 cm³/mol. The van der Waals surface area contributed by atoms with Gasteiger partial charge in [-0.3, -0.25) is 9.79 Å². The number of benzene rings is 1. The van der Waals surface area contributed by atoms with Crippen LogP contribution in [0.3, 0.4) is 0 Å². The minimum Gasteiger partial charge on any atom is -0.474 e. The Morgan fingerprint density at radius 3 is 2.90 bits per heavy atom. The first kappa shape index (κ1) is 14.6. The van der Waals surface area contributed by atoms with Gasteiger partial charge in [-0.15, -0.1) is 0 Å². The molecule has 108 valence electrons. The van der Waals surface area contributed by atoms with Gasteiger partial charge < -0.3 is 9.47 Å². The maximum atomic E-state index is 10.6. The highest BCUT2D eigenvalue weighted by Gasteiger charge is 2.18. The molecule has 4 heteroatoms. The van der Waals surface area contributed by atoms with Crippen molar-refractivity contribution in [3.05, 3.63) is 35.9 Å². The number of nitrogens with zero attached hydrogens (tertiary/aromatic N) is 1. The van der Waals surface area contributed by atoms with Crippen LogP contribution < -0.4 is 0 Å². The van der Waals surface area contributed by atoms with Gasteiger partial charge in [0.2, 0.25) is 5.90 Å². The summed E-state index contributed by atoms with van der Waals surface area (Å²) in [7, 11) is 0. The molecule has 1 aromatic rings. The van der Waals surface area contributed by atoms with Gasteiger partial charge in [0.1, 0.15) is 6.10 Å². The number of unbranched alkanes of at least 4 members (excludes halogenated alkanes) is 1. The summed E-state index contributed by atoms with van der Waals surface area (Å²) in [6.45, 7) is 2.76. The van der Waals surface area contributed by atoms with Crippen LogP contribution in [0.15, 0.2) is 35.3 Å². The molecular formula is C16H21NO3. The summed E-state index contributed by atoms with van der Waals surface area (Å²) in [5.41, 5.74) is 1.04. The molecule has 1 unspecified atom stereocenters. The van der Waals surface area contributed by atoms with Crippen LogP contribution in [0.2, 0.25) is 0 Å². The second kappa shape index (κ2) is 7.68. The van der Waals surface area contributed by atoms with Gasteiger partial charge >= 0.3 is 5.97 Å². The van der Waals surface area contributed by atoms with Gasteiger partial charge in [0.05, 0.1) is 6.61 Å². The number of hydrogen-bond acceptors (Lipinski definition) is 4. The van der Waals surface area contributed by atoms with Crippen LogP contribution >= 0.6 is 0 Å². The number of aliphatic imine (C=N–C) groups is 1.